The van der Waals surface area contributed by atoms with Gasteiger partial charge in [-0.15, -0.1) is 10.2 Å². The molecule has 6 nitrogen and oxygen atoms in total. The van der Waals surface area contributed by atoms with Gasteiger partial charge in [-0.3, -0.25) is 0 Å². The Labute approximate surface area is 198 Å². The zero-order chi connectivity index (χ0) is 22.5. The summed E-state index contributed by atoms with van der Waals surface area (Å²) in [5.41, 5.74) is 2.29. The number of rotatable bonds is 8. The number of aromatic nitrogens is 5. The highest BCUT2D eigenvalue weighted by atomic mass is 32.2. The Bertz CT molecular complexity index is 1110. The van der Waals surface area contributed by atoms with Crippen molar-refractivity contribution in [2.75, 3.05) is 0 Å². The summed E-state index contributed by atoms with van der Waals surface area (Å²) in [6.07, 6.45) is 6.36. The van der Waals surface area contributed by atoms with Crippen LogP contribution in [0.4, 0.5) is 0 Å². The van der Waals surface area contributed by atoms with Crippen molar-refractivity contribution in [2.24, 2.45) is 0 Å². The van der Waals surface area contributed by atoms with E-state index >= 15 is 0 Å². The molecule has 0 atom stereocenters. The van der Waals surface area contributed by atoms with Crippen LogP contribution in [0.5, 0.6) is 0 Å². The van der Waals surface area contributed by atoms with Crippen molar-refractivity contribution in [2.45, 2.75) is 68.3 Å². The van der Waals surface area contributed by atoms with E-state index < -0.39 is 0 Å². The Balaban J connectivity index is 1.34. The molecule has 1 fully saturated rings. The van der Waals surface area contributed by atoms with Gasteiger partial charge in [0.15, 0.2) is 11.0 Å². The lowest BCUT2D eigenvalue weighted by Crippen LogP contribution is -2.12. The third-order valence-corrected chi connectivity index (χ3v) is 7.32. The maximum atomic E-state index is 5.67. The summed E-state index contributed by atoms with van der Waals surface area (Å²) in [5, 5.41) is 14.4. The minimum absolute atomic E-state index is 0.0629. The molecule has 1 aliphatic rings. The van der Waals surface area contributed by atoms with E-state index in [0.29, 0.717) is 23.4 Å². The molecule has 33 heavy (non-hydrogen) atoms. The second-order valence-electron chi connectivity index (χ2n) is 8.51. The Hall–Kier alpha value is -2.93. The Morgan fingerprint density at radius 3 is 2.24 bits per heavy atom. The van der Waals surface area contributed by atoms with Gasteiger partial charge in [0.2, 0.25) is 5.89 Å². The monoisotopic (exact) mass is 459 g/mol. The Morgan fingerprint density at radius 2 is 1.61 bits per heavy atom. The second kappa shape index (κ2) is 10.3. The molecule has 0 radical (unpaired) electrons. The van der Waals surface area contributed by atoms with Crippen LogP contribution in [-0.4, -0.2) is 24.9 Å². The van der Waals surface area contributed by atoms with Crippen LogP contribution < -0.4 is 0 Å². The molecule has 0 bridgehead atoms. The molecule has 4 aromatic rings. The van der Waals surface area contributed by atoms with Crippen LogP contribution in [0.25, 0.3) is 0 Å². The van der Waals surface area contributed by atoms with Gasteiger partial charge in [0.1, 0.15) is 5.82 Å². The first-order chi connectivity index (χ1) is 16.3. The predicted molar refractivity (Wildman–Crippen MR) is 129 cm³/mol. The first-order valence-electron chi connectivity index (χ1n) is 11.8. The summed E-state index contributed by atoms with van der Waals surface area (Å²) in [4.78, 5) is 4.77. The van der Waals surface area contributed by atoms with E-state index in [2.05, 4.69) is 51.1 Å². The molecule has 0 aliphatic heterocycles. The highest BCUT2D eigenvalue weighted by Crippen LogP contribution is 2.34. The van der Waals surface area contributed by atoms with Gasteiger partial charge in [0.05, 0.1) is 11.7 Å². The summed E-state index contributed by atoms with van der Waals surface area (Å²) >= 11 is 1.62. The average molecular weight is 460 g/mol. The Kier molecular flexibility index (Phi) is 6.86. The van der Waals surface area contributed by atoms with Crippen molar-refractivity contribution in [1.82, 2.24) is 24.9 Å². The number of benzene rings is 2. The molecule has 0 saturated heterocycles. The van der Waals surface area contributed by atoms with Crippen LogP contribution in [0.15, 0.2) is 70.3 Å². The van der Waals surface area contributed by atoms with Gasteiger partial charge in [-0.2, -0.15) is 4.98 Å². The first kappa shape index (κ1) is 21.9. The minimum Gasteiger partial charge on any atom is -0.338 e. The zero-order valence-corrected chi connectivity index (χ0v) is 19.7. The number of thioether (sulfide) groups is 1. The number of nitrogens with zero attached hydrogens (tertiary/aromatic N) is 5. The summed E-state index contributed by atoms with van der Waals surface area (Å²) < 4.78 is 7.93. The topological polar surface area (TPSA) is 69.6 Å². The van der Waals surface area contributed by atoms with Crippen LogP contribution in [0.1, 0.15) is 79.5 Å². The van der Waals surface area contributed by atoms with E-state index in [1.54, 1.807) is 11.8 Å². The van der Waals surface area contributed by atoms with Crippen molar-refractivity contribution in [3.05, 3.63) is 89.3 Å². The first-order valence-corrected chi connectivity index (χ1v) is 12.8. The van der Waals surface area contributed by atoms with Crippen molar-refractivity contribution in [3.8, 4) is 0 Å². The van der Waals surface area contributed by atoms with E-state index in [9.17, 15) is 0 Å². The zero-order valence-electron chi connectivity index (χ0n) is 18.9. The third-order valence-electron chi connectivity index (χ3n) is 6.36. The lowest BCUT2D eigenvalue weighted by molar-refractivity contribution is 0.384. The highest BCUT2D eigenvalue weighted by Gasteiger charge is 2.25. The van der Waals surface area contributed by atoms with Gasteiger partial charge in [-0.05, 0) is 30.9 Å². The quantitative estimate of drug-likeness (QED) is 0.292. The fourth-order valence-electron chi connectivity index (χ4n) is 4.72. The average Bonchev–Trinajstić information content (AvgIpc) is 3.51. The van der Waals surface area contributed by atoms with Crippen molar-refractivity contribution < 1.29 is 4.52 Å². The maximum Gasteiger partial charge on any atom is 0.237 e. The molecule has 0 amide bonds. The molecule has 1 saturated carbocycles. The van der Waals surface area contributed by atoms with Gasteiger partial charge in [-0.1, -0.05) is 96.8 Å². The van der Waals surface area contributed by atoms with Crippen molar-refractivity contribution in [3.63, 3.8) is 0 Å². The lowest BCUT2D eigenvalue weighted by Gasteiger charge is -2.21. The molecule has 1 aliphatic carbocycles. The summed E-state index contributed by atoms with van der Waals surface area (Å²) in [5.74, 6) is 3.48. The molecule has 7 heteroatoms. The third kappa shape index (κ3) is 4.88. The van der Waals surface area contributed by atoms with Gasteiger partial charge in [0, 0.05) is 12.5 Å². The summed E-state index contributed by atoms with van der Waals surface area (Å²) in [6, 6.07) is 20.7. The summed E-state index contributed by atoms with van der Waals surface area (Å²) in [7, 11) is 0. The van der Waals surface area contributed by atoms with E-state index in [0.717, 1.165) is 28.7 Å². The summed E-state index contributed by atoms with van der Waals surface area (Å²) in [6.45, 7) is 3.04. The smallest absolute Gasteiger partial charge is 0.237 e. The largest absolute Gasteiger partial charge is 0.338 e. The van der Waals surface area contributed by atoms with Gasteiger partial charge >= 0.3 is 0 Å². The SMILES string of the molecule is CCn1c(SCc2nc(C(c3ccccc3)c3ccccc3)no2)nnc1C1CCCCC1. The van der Waals surface area contributed by atoms with E-state index in [1.807, 2.05) is 36.4 Å². The van der Waals surface area contributed by atoms with Crippen LogP contribution in [0.3, 0.4) is 0 Å². The van der Waals surface area contributed by atoms with Crippen LogP contribution in [0.2, 0.25) is 0 Å². The molecule has 2 aromatic carbocycles. The van der Waals surface area contributed by atoms with E-state index in [1.165, 1.54) is 32.1 Å². The number of hydrogen-bond donors (Lipinski definition) is 0. The molecular formula is C26H29N5OS. The fraction of sp³-hybridized carbons (Fsp3) is 0.385. The lowest BCUT2D eigenvalue weighted by atomic mass is 9.89. The van der Waals surface area contributed by atoms with Crippen LogP contribution in [-0.2, 0) is 12.3 Å². The molecule has 2 heterocycles. The fourth-order valence-corrected chi connectivity index (χ4v) is 5.57. The van der Waals surface area contributed by atoms with Gasteiger partial charge in [0.25, 0.3) is 0 Å². The normalized spacial score (nSPS) is 14.7. The standard InChI is InChI=1S/C26H29N5OS/c1-2-31-25(21-16-10-5-11-17-21)28-29-26(31)33-18-22-27-24(30-32-22)23(19-12-6-3-7-13-19)20-14-8-4-9-15-20/h3-4,6-9,12-15,21,23H,2,5,10-11,16-18H2,1H3. The van der Waals surface area contributed by atoms with Gasteiger partial charge < -0.3 is 9.09 Å². The van der Waals surface area contributed by atoms with Crippen LogP contribution in [0, 0.1) is 0 Å². The van der Waals surface area contributed by atoms with E-state index in [4.69, 9.17) is 9.51 Å². The minimum atomic E-state index is -0.0629. The second-order valence-corrected chi connectivity index (χ2v) is 9.45. The molecule has 170 valence electrons. The molecule has 2 aromatic heterocycles. The van der Waals surface area contributed by atoms with Crippen LogP contribution >= 0.6 is 11.8 Å². The van der Waals surface area contributed by atoms with E-state index in [-0.39, 0.29) is 5.92 Å². The predicted octanol–water partition coefficient (Wildman–Crippen LogP) is 6.20. The molecule has 0 unspecified atom stereocenters. The van der Waals surface area contributed by atoms with Gasteiger partial charge in [-0.25, -0.2) is 0 Å². The molecule has 0 N–H and O–H groups in total. The Morgan fingerprint density at radius 1 is 0.939 bits per heavy atom. The molecular weight excluding hydrogens is 430 g/mol. The number of hydrogen-bond acceptors (Lipinski definition) is 6. The highest BCUT2D eigenvalue weighted by molar-refractivity contribution is 7.98. The molecule has 5 rings (SSSR count). The maximum absolute atomic E-state index is 5.67. The van der Waals surface area contributed by atoms with Crippen molar-refractivity contribution in [1.29, 1.82) is 0 Å². The molecule has 0 spiro atoms. The van der Waals surface area contributed by atoms with Crippen molar-refractivity contribution >= 4 is 11.8 Å².